The summed E-state index contributed by atoms with van der Waals surface area (Å²) < 4.78 is 0. The molecule has 0 heterocycles. The molecule has 0 bridgehead atoms. The zero-order valence-electron chi connectivity index (χ0n) is 4.93. The zero-order chi connectivity index (χ0) is 6.41. The lowest BCUT2D eigenvalue weighted by Crippen LogP contribution is -1.93. The van der Waals surface area contributed by atoms with Crippen LogP contribution < -0.4 is 5.73 Å². The van der Waals surface area contributed by atoms with Gasteiger partial charge in [0, 0.05) is 6.54 Å². The Morgan fingerprint density at radius 2 is 1.88 bits per heavy atom. The summed E-state index contributed by atoms with van der Waals surface area (Å²) in [6, 6.07) is 0. The number of hydrogen-bond acceptors (Lipinski definition) is 1. The highest BCUT2D eigenvalue weighted by atomic mass is 14.5. The molecule has 0 aromatic heterocycles. The molecule has 0 aromatic rings. The molecular weight excluding hydrogens is 98.1 g/mol. The van der Waals surface area contributed by atoms with Gasteiger partial charge in [-0.05, 0) is 5.57 Å². The second-order valence-corrected chi connectivity index (χ2v) is 1.35. The molecule has 0 rings (SSSR count). The van der Waals surface area contributed by atoms with E-state index in [1.54, 1.807) is 12.2 Å². The van der Waals surface area contributed by atoms with Crippen LogP contribution >= 0.6 is 0 Å². The molecule has 1 heteroatoms. The van der Waals surface area contributed by atoms with E-state index in [1.165, 1.54) is 0 Å². The van der Waals surface area contributed by atoms with Crippen LogP contribution in [0, 0.1) is 0 Å². The number of hydrogen-bond donors (Lipinski definition) is 1. The Balaban J connectivity index is 3.85. The first-order valence-corrected chi connectivity index (χ1v) is 2.50. The third kappa shape index (κ3) is 2.37. The van der Waals surface area contributed by atoms with E-state index >= 15 is 0 Å². The van der Waals surface area contributed by atoms with Crippen LogP contribution in [0.2, 0.25) is 0 Å². The summed E-state index contributed by atoms with van der Waals surface area (Å²) in [5.41, 5.74) is 6.20. The fourth-order valence-corrected chi connectivity index (χ4v) is 0.386. The van der Waals surface area contributed by atoms with Crippen molar-refractivity contribution >= 4 is 0 Å². The van der Waals surface area contributed by atoms with E-state index < -0.39 is 0 Å². The maximum Gasteiger partial charge on any atom is 0.0115 e. The molecule has 1 nitrogen and oxygen atoms in total. The van der Waals surface area contributed by atoms with Crippen molar-refractivity contribution in [3.63, 3.8) is 0 Å². The largest absolute Gasteiger partial charge is 0.327 e. The van der Waals surface area contributed by atoms with Gasteiger partial charge in [-0.15, -0.1) is 0 Å². The standard InChI is InChI=1S/C7H11N/c1-3-7(4-2)5-6-8/h3-5H,1-2,6,8H2. The lowest BCUT2D eigenvalue weighted by Gasteiger charge is -1.86. The van der Waals surface area contributed by atoms with Crippen molar-refractivity contribution in [3.8, 4) is 0 Å². The third-order valence-electron chi connectivity index (χ3n) is 0.825. The van der Waals surface area contributed by atoms with Gasteiger partial charge < -0.3 is 5.73 Å². The average molecular weight is 109 g/mol. The monoisotopic (exact) mass is 109 g/mol. The summed E-state index contributed by atoms with van der Waals surface area (Å²) in [7, 11) is 0. The van der Waals surface area contributed by atoms with Crippen LogP contribution in [0.15, 0.2) is 37.0 Å². The summed E-state index contributed by atoms with van der Waals surface area (Å²) in [5, 5.41) is 0. The molecule has 0 aliphatic carbocycles. The molecule has 0 amide bonds. The zero-order valence-corrected chi connectivity index (χ0v) is 4.93. The van der Waals surface area contributed by atoms with Crippen LogP contribution in [0.25, 0.3) is 0 Å². The van der Waals surface area contributed by atoms with Crippen LogP contribution in [0.1, 0.15) is 0 Å². The fraction of sp³-hybridized carbons (Fsp3) is 0.143. The van der Waals surface area contributed by atoms with Crippen molar-refractivity contribution in [1.82, 2.24) is 0 Å². The quantitative estimate of drug-likeness (QED) is 0.542. The van der Waals surface area contributed by atoms with Crippen LogP contribution in [0.3, 0.4) is 0 Å². The van der Waals surface area contributed by atoms with Crippen molar-refractivity contribution in [3.05, 3.63) is 37.0 Å². The predicted molar refractivity (Wildman–Crippen MR) is 37.5 cm³/mol. The highest BCUT2D eigenvalue weighted by Crippen LogP contribution is 1.92. The van der Waals surface area contributed by atoms with Crippen molar-refractivity contribution in [1.29, 1.82) is 0 Å². The highest BCUT2D eigenvalue weighted by Gasteiger charge is 1.76. The normalized spacial score (nSPS) is 7.62. The molecule has 0 aliphatic rings. The minimum absolute atomic E-state index is 0.549. The molecule has 44 valence electrons. The fourth-order valence-electron chi connectivity index (χ4n) is 0.386. The molecule has 0 aromatic carbocycles. The van der Waals surface area contributed by atoms with Crippen molar-refractivity contribution in [2.75, 3.05) is 6.54 Å². The molecule has 0 saturated heterocycles. The first-order valence-electron chi connectivity index (χ1n) is 2.50. The molecular formula is C7H11N. The minimum Gasteiger partial charge on any atom is -0.327 e. The van der Waals surface area contributed by atoms with Crippen LogP contribution in [-0.2, 0) is 0 Å². The number of allylic oxidation sites excluding steroid dienone is 3. The van der Waals surface area contributed by atoms with Gasteiger partial charge in [0.15, 0.2) is 0 Å². The molecule has 0 spiro atoms. The molecule has 0 radical (unpaired) electrons. The van der Waals surface area contributed by atoms with E-state index in [0.29, 0.717) is 6.54 Å². The van der Waals surface area contributed by atoms with E-state index in [2.05, 4.69) is 13.2 Å². The Morgan fingerprint density at radius 3 is 2.00 bits per heavy atom. The lowest BCUT2D eigenvalue weighted by molar-refractivity contribution is 1.24. The summed E-state index contributed by atoms with van der Waals surface area (Å²) >= 11 is 0. The average Bonchev–Trinajstić information content (AvgIpc) is 1.83. The van der Waals surface area contributed by atoms with Crippen molar-refractivity contribution < 1.29 is 0 Å². The summed E-state index contributed by atoms with van der Waals surface area (Å²) in [6.07, 6.45) is 5.31. The molecule has 0 unspecified atom stereocenters. The highest BCUT2D eigenvalue weighted by molar-refractivity contribution is 5.27. The Morgan fingerprint density at radius 1 is 1.38 bits per heavy atom. The van der Waals surface area contributed by atoms with Gasteiger partial charge in [-0.25, -0.2) is 0 Å². The first-order chi connectivity index (χ1) is 3.85. The topological polar surface area (TPSA) is 26.0 Å². The van der Waals surface area contributed by atoms with Crippen LogP contribution in [0.4, 0.5) is 0 Å². The van der Waals surface area contributed by atoms with Gasteiger partial charge in [0.2, 0.25) is 0 Å². The van der Waals surface area contributed by atoms with Gasteiger partial charge in [-0.2, -0.15) is 0 Å². The molecule has 0 atom stereocenters. The van der Waals surface area contributed by atoms with E-state index in [4.69, 9.17) is 5.73 Å². The molecule has 0 fully saturated rings. The van der Waals surface area contributed by atoms with E-state index in [9.17, 15) is 0 Å². The Bertz CT molecular complexity index is 102. The van der Waals surface area contributed by atoms with Gasteiger partial charge in [0.25, 0.3) is 0 Å². The second kappa shape index (κ2) is 4.34. The molecule has 0 saturated carbocycles. The SMILES string of the molecule is C=CC(C=C)=CCN. The van der Waals surface area contributed by atoms with Gasteiger partial charge in [0.05, 0.1) is 0 Å². The van der Waals surface area contributed by atoms with Crippen LogP contribution in [-0.4, -0.2) is 6.54 Å². The summed E-state index contributed by atoms with van der Waals surface area (Å²) in [5.74, 6) is 0. The lowest BCUT2D eigenvalue weighted by atomic mass is 10.2. The smallest absolute Gasteiger partial charge is 0.0115 e. The first kappa shape index (κ1) is 7.18. The van der Waals surface area contributed by atoms with Gasteiger partial charge in [-0.3, -0.25) is 0 Å². The van der Waals surface area contributed by atoms with E-state index in [0.717, 1.165) is 5.57 Å². The minimum atomic E-state index is 0.549. The Labute approximate surface area is 50.2 Å². The van der Waals surface area contributed by atoms with Gasteiger partial charge >= 0.3 is 0 Å². The van der Waals surface area contributed by atoms with E-state index in [1.807, 2.05) is 6.08 Å². The maximum atomic E-state index is 5.21. The number of rotatable bonds is 3. The third-order valence-corrected chi connectivity index (χ3v) is 0.825. The Hall–Kier alpha value is -0.820. The maximum absolute atomic E-state index is 5.21. The van der Waals surface area contributed by atoms with Crippen LogP contribution in [0.5, 0.6) is 0 Å². The summed E-state index contributed by atoms with van der Waals surface area (Å²) in [6.45, 7) is 7.66. The molecule has 8 heavy (non-hydrogen) atoms. The molecule has 2 N–H and O–H groups in total. The summed E-state index contributed by atoms with van der Waals surface area (Å²) in [4.78, 5) is 0. The molecule has 0 aliphatic heterocycles. The predicted octanol–water partition coefficient (Wildman–Crippen LogP) is 1.24. The van der Waals surface area contributed by atoms with E-state index in [-0.39, 0.29) is 0 Å². The van der Waals surface area contributed by atoms with Gasteiger partial charge in [-0.1, -0.05) is 31.4 Å². The Kier molecular flexibility index (Phi) is 3.90. The van der Waals surface area contributed by atoms with Gasteiger partial charge in [0.1, 0.15) is 0 Å². The van der Waals surface area contributed by atoms with Crippen molar-refractivity contribution in [2.45, 2.75) is 0 Å². The number of nitrogens with two attached hydrogens (primary N) is 1. The van der Waals surface area contributed by atoms with Crippen molar-refractivity contribution in [2.24, 2.45) is 5.73 Å². The second-order valence-electron chi connectivity index (χ2n) is 1.35.